The highest BCUT2D eigenvalue weighted by molar-refractivity contribution is 4.86. The Balaban J connectivity index is 1.92. The summed E-state index contributed by atoms with van der Waals surface area (Å²) in [5.41, 5.74) is 0. The molecule has 4 heteroatoms. The van der Waals surface area contributed by atoms with Crippen LogP contribution >= 0.6 is 0 Å². The third-order valence-corrected chi connectivity index (χ3v) is 3.14. The van der Waals surface area contributed by atoms with E-state index in [1.54, 1.807) is 0 Å². The molecule has 2 aliphatic rings. The molecule has 0 saturated carbocycles. The van der Waals surface area contributed by atoms with E-state index in [0.29, 0.717) is 12.5 Å². The fourth-order valence-electron chi connectivity index (χ4n) is 2.32. The fraction of sp³-hybridized carbons (Fsp3) is 1.00. The lowest BCUT2D eigenvalue weighted by Crippen LogP contribution is -2.47. The number of likely N-dealkylation sites (tertiary alicyclic amines) is 1. The molecule has 2 rings (SSSR count). The minimum Gasteiger partial charge on any atom is -0.389 e. The molecule has 13 heavy (non-hydrogen) atoms. The molecule has 2 atom stereocenters. The second kappa shape index (κ2) is 3.92. The summed E-state index contributed by atoms with van der Waals surface area (Å²) in [6.07, 6.45) is 1.73. The standard InChI is InChI=1S/C9H18N2O2/c12-8-3-6-11(9(8)13)7-1-4-10-5-2-7/h7-10,12-13H,1-6H2. The lowest BCUT2D eigenvalue weighted by atomic mass is 10.1. The van der Waals surface area contributed by atoms with Crippen molar-refractivity contribution in [2.75, 3.05) is 19.6 Å². The van der Waals surface area contributed by atoms with Gasteiger partial charge in [0, 0.05) is 12.6 Å². The zero-order valence-electron chi connectivity index (χ0n) is 7.82. The van der Waals surface area contributed by atoms with Crippen molar-refractivity contribution < 1.29 is 10.2 Å². The summed E-state index contributed by atoms with van der Waals surface area (Å²) in [7, 11) is 0. The molecular weight excluding hydrogens is 168 g/mol. The fourth-order valence-corrected chi connectivity index (χ4v) is 2.32. The molecule has 0 radical (unpaired) electrons. The van der Waals surface area contributed by atoms with Crippen molar-refractivity contribution in [1.82, 2.24) is 10.2 Å². The van der Waals surface area contributed by atoms with Gasteiger partial charge in [-0.2, -0.15) is 0 Å². The highest BCUT2D eigenvalue weighted by Gasteiger charge is 2.35. The van der Waals surface area contributed by atoms with E-state index < -0.39 is 12.3 Å². The minimum absolute atomic E-state index is 0.466. The van der Waals surface area contributed by atoms with Gasteiger partial charge in [-0.25, -0.2) is 0 Å². The van der Waals surface area contributed by atoms with Crippen LogP contribution in [0.3, 0.4) is 0 Å². The number of aliphatic hydroxyl groups excluding tert-OH is 2. The normalized spacial score (nSPS) is 38.3. The van der Waals surface area contributed by atoms with Crippen LogP contribution in [0.5, 0.6) is 0 Å². The van der Waals surface area contributed by atoms with Crippen LogP contribution in [-0.4, -0.2) is 53.1 Å². The van der Waals surface area contributed by atoms with Gasteiger partial charge in [0.05, 0.1) is 6.10 Å². The molecule has 2 unspecified atom stereocenters. The van der Waals surface area contributed by atoms with Gasteiger partial charge in [0.25, 0.3) is 0 Å². The average Bonchev–Trinajstić information content (AvgIpc) is 2.49. The van der Waals surface area contributed by atoms with E-state index in [-0.39, 0.29) is 0 Å². The van der Waals surface area contributed by atoms with Crippen LogP contribution in [0.1, 0.15) is 19.3 Å². The van der Waals surface area contributed by atoms with Crippen LogP contribution in [-0.2, 0) is 0 Å². The molecule has 2 fully saturated rings. The molecule has 0 aromatic heterocycles. The third kappa shape index (κ3) is 1.86. The number of nitrogens with zero attached hydrogens (tertiary/aromatic N) is 1. The van der Waals surface area contributed by atoms with E-state index in [0.717, 1.165) is 32.5 Å². The Hall–Kier alpha value is -0.160. The summed E-state index contributed by atoms with van der Waals surface area (Å²) in [6, 6.07) is 0.466. The van der Waals surface area contributed by atoms with E-state index in [9.17, 15) is 10.2 Å². The average molecular weight is 186 g/mol. The Labute approximate surface area is 78.5 Å². The predicted molar refractivity (Wildman–Crippen MR) is 49.2 cm³/mol. The lowest BCUT2D eigenvalue weighted by molar-refractivity contribution is -0.0575. The molecule has 2 aliphatic heterocycles. The molecule has 0 aromatic carbocycles. The summed E-state index contributed by atoms with van der Waals surface area (Å²) in [5.74, 6) is 0. The number of nitrogens with one attached hydrogen (secondary N) is 1. The second-order valence-electron chi connectivity index (χ2n) is 3.99. The molecule has 0 bridgehead atoms. The van der Waals surface area contributed by atoms with Gasteiger partial charge < -0.3 is 15.5 Å². The summed E-state index contributed by atoms with van der Waals surface area (Å²) in [4.78, 5) is 2.05. The van der Waals surface area contributed by atoms with Crippen molar-refractivity contribution >= 4 is 0 Å². The zero-order chi connectivity index (χ0) is 9.26. The summed E-state index contributed by atoms with van der Waals surface area (Å²) < 4.78 is 0. The van der Waals surface area contributed by atoms with Crippen molar-refractivity contribution in [2.24, 2.45) is 0 Å². The van der Waals surface area contributed by atoms with E-state index in [1.165, 1.54) is 0 Å². The maximum absolute atomic E-state index is 9.67. The highest BCUT2D eigenvalue weighted by atomic mass is 16.3. The Morgan fingerprint density at radius 2 is 1.77 bits per heavy atom. The van der Waals surface area contributed by atoms with Gasteiger partial charge in [-0.1, -0.05) is 0 Å². The van der Waals surface area contributed by atoms with Crippen LogP contribution in [0, 0.1) is 0 Å². The molecule has 2 saturated heterocycles. The van der Waals surface area contributed by atoms with Gasteiger partial charge in [-0.15, -0.1) is 0 Å². The SMILES string of the molecule is OC1CCN(C2CCNCC2)C1O. The van der Waals surface area contributed by atoms with Crippen molar-refractivity contribution in [2.45, 2.75) is 37.6 Å². The second-order valence-corrected chi connectivity index (χ2v) is 3.99. The van der Waals surface area contributed by atoms with Crippen LogP contribution < -0.4 is 5.32 Å². The molecule has 0 spiro atoms. The smallest absolute Gasteiger partial charge is 0.133 e. The Morgan fingerprint density at radius 3 is 2.31 bits per heavy atom. The number of hydrogen-bond acceptors (Lipinski definition) is 4. The number of rotatable bonds is 1. The molecule has 3 N–H and O–H groups in total. The first kappa shape index (κ1) is 9.40. The van der Waals surface area contributed by atoms with Crippen molar-refractivity contribution in [3.05, 3.63) is 0 Å². The van der Waals surface area contributed by atoms with E-state index in [4.69, 9.17) is 0 Å². The van der Waals surface area contributed by atoms with E-state index in [1.807, 2.05) is 4.90 Å². The molecule has 0 aliphatic carbocycles. The quantitative estimate of drug-likeness (QED) is 0.498. The Bertz CT molecular complexity index is 171. The maximum Gasteiger partial charge on any atom is 0.133 e. The van der Waals surface area contributed by atoms with E-state index in [2.05, 4.69) is 5.32 Å². The van der Waals surface area contributed by atoms with Crippen LogP contribution in [0.25, 0.3) is 0 Å². The predicted octanol–water partition coefficient (Wildman–Crippen LogP) is -0.877. The largest absolute Gasteiger partial charge is 0.389 e. The molecule has 2 heterocycles. The number of piperidine rings is 1. The number of hydrogen-bond donors (Lipinski definition) is 3. The van der Waals surface area contributed by atoms with Crippen LogP contribution in [0.15, 0.2) is 0 Å². The molecule has 4 nitrogen and oxygen atoms in total. The van der Waals surface area contributed by atoms with Gasteiger partial charge in [0.15, 0.2) is 0 Å². The van der Waals surface area contributed by atoms with Crippen molar-refractivity contribution in [3.8, 4) is 0 Å². The maximum atomic E-state index is 9.67. The first-order chi connectivity index (χ1) is 6.29. The van der Waals surface area contributed by atoms with Crippen molar-refractivity contribution in [1.29, 1.82) is 0 Å². The van der Waals surface area contributed by atoms with Gasteiger partial charge >= 0.3 is 0 Å². The summed E-state index contributed by atoms with van der Waals surface area (Å²) in [5, 5.41) is 22.4. The van der Waals surface area contributed by atoms with Gasteiger partial charge in [0.2, 0.25) is 0 Å². The minimum atomic E-state index is -0.622. The zero-order valence-corrected chi connectivity index (χ0v) is 7.82. The molecular formula is C9H18N2O2. The third-order valence-electron chi connectivity index (χ3n) is 3.14. The van der Waals surface area contributed by atoms with Gasteiger partial charge in [0.1, 0.15) is 6.23 Å². The van der Waals surface area contributed by atoms with Crippen LogP contribution in [0.2, 0.25) is 0 Å². The first-order valence-corrected chi connectivity index (χ1v) is 5.11. The van der Waals surface area contributed by atoms with Crippen LogP contribution in [0.4, 0.5) is 0 Å². The monoisotopic (exact) mass is 186 g/mol. The summed E-state index contributed by atoms with van der Waals surface area (Å²) in [6.45, 7) is 2.90. The van der Waals surface area contributed by atoms with Gasteiger partial charge in [-0.05, 0) is 32.4 Å². The van der Waals surface area contributed by atoms with E-state index >= 15 is 0 Å². The highest BCUT2D eigenvalue weighted by Crippen LogP contribution is 2.22. The lowest BCUT2D eigenvalue weighted by Gasteiger charge is -2.33. The van der Waals surface area contributed by atoms with Gasteiger partial charge in [-0.3, -0.25) is 4.90 Å². The number of aliphatic hydroxyl groups is 2. The van der Waals surface area contributed by atoms with Crippen molar-refractivity contribution in [3.63, 3.8) is 0 Å². The summed E-state index contributed by atoms with van der Waals surface area (Å²) >= 11 is 0. The Kier molecular flexibility index (Phi) is 2.83. The first-order valence-electron chi connectivity index (χ1n) is 5.11. The molecule has 0 aromatic rings. The topological polar surface area (TPSA) is 55.7 Å². The molecule has 0 amide bonds. The molecule has 76 valence electrons. The Morgan fingerprint density at radius 1 is 1.08 bits per heavy atom.